The summed E-state index contributed by atoms with van der Waals surface area (Å²) in [5.41, 5.74) is 0. The van der Waals surface area contributed by atoms with E-state index in [1.54, 1.807) is 0 Å². The molecule has 2 heteroatoms. The average Bonchev–Trinajstić information content (AvgIpc) is 2.43. The zero-order valence-electron chi connectivity index (χ0n) is 14.7. The summed E-state index contributed by atoms with van der Waals surface area (Å²) < 4.78 is 12.9. The number of ether oxygens (including phenoxy) is 2. The predicted octanol–water partition coefficient (Wildman–Crippen LogP) is 5.55. The fourth-order valence-electron chi connectivity index (χ4n) is 4.31. The summed E-state index contributed by atoms with van der Waals surface area (Å²) in [5, 5.41) is 0. The Morgan fingerprint density at radius 2 is 1.90 bits per heavy atom. The summed E-state index contributed by atoms with van der Waals surface area (Å²) in [6, 6.07) is 0. The molecule has 2 aliphatic rings. The van der Waals surface area contributed by atoms with Crippen molar-refractivity contribution in [1.82, 2.24) is 0 Å². The highest BCUT2D eigenvalue weighted by atomic mass is 16.7. The monoisotopic (exact) mass is 296 g/mol. The third kappa shape index (κ3) is 4.45. The molecule has 0 radical (unpaired) electrons. The lowest BCUT2D eigenvalue weighted by Gasteiger charge is -2.51. The van der Waals surface area contributed by atoms with Gasteiger partial charge in [-0.3, -0.25) is 0 Å². The molecule has 1 saturated heterocycles. The van der Waals surface area contributed by atoms with Gasteiger partial charge in [0.2, 0.25) is 0 Å². The molecule has 4 atom stereocenters. The highest BCUT2D eigenvalue weighted by Crippen LogP contribution is 2.47. The Bertz CT molecular complexity index is 302. The van der Waals surface area contributed by atoms with Crippen LogP contribution in [0.5, 0.6) is 0 Å². The highest BCUT2D eigenvalue weighted by Gasteiger charge is 2.49. The summed E-state index contributed by atoms with van der Waals surface area (Å²) >= 11 is 0. The summed E-state index contributed by atoms with van der Waals surface area (Å²) in [4.78, 5) is 0. The van der Waals surface area contributed by atoms with Crippen LogP contribution in [-0.4, -0.2) is 18.5 Å². The maximum Gasteiger partial charge on any atom is 0.171 e. The summed E-state index contributed by atoms with van der Waals surface area (Å²) in [6.07, 6.45) is 11.8. The topological polar surface area (TPSA) is 18.5 Å². The fraction of sp³-hybridized carbons (Fsp3) is 1.00. The van der Waals surface area contributed by atoms with Crippen LogP contribution in [0.2, 0.25) is 0 Å². The first-order valence-corrected chi connectivity index (χ1v) is 9.39. The highest BCUT2D eigenvalue weighted by molar-refractivity contribution is 4.91. The van der Waals surface area contributed by atoms with Gasteiger partial charge in [0.25, 0.3) is 0 Å². The summed E-state index contributed by atoms with van der Waals surface area (Å²) in [5.74, 6) is 1.70. The van der Waals surface area contributed by atoms with E-state index >= 15 is 0 Å². The van der Waals surface area contributed by atoms with Gasteiger partial charge in [-0.15, -0.1) is 0 Å². The van der Waals surface area contributed by atoms with Crippen molar-refractivity contribution in [3.63, 3.8) is 0 Å². The van der Waals surface area contributed by atoms with E-state index in [-0.39, 0.29) is 5.79 Å². The van der Waals surface area contributed by atoms with Crippen molar-refractivity contribution in [3.05, 3.63) is 0 Å². The molecule has 1 heterocycles. The first kappa shape index (κ1) is 17.3. The Kier molecular flexibility index (Phi) is 6.55. The molecular formula is C19H36O2. The maximum absolute atomic E-state index is 6.62. The van der Waals surface area contributed by atoms with E-state index in [4.69, 9.17) is 9.47 Å². The first-order valence-electron chi connectivity index (χ1n) is 9.39. The normalized spacial score (nSPS) is 37.3. The molecule has 0 N–H and O–H groups in total. The van der Waals surface area contributed by atoms with Gasteiger partial charge in [-0.1, -0.05) is 59.8 Å². The molecule has 0 aromatic carbocycles. The number of hydrogen-bond donors (Lipinski definition) is 0. The van der Waals surface area contributed by atoms with Crippen LogP contribution >= 0.6 is 0 Å². The molecule has 0 bridgehead atoms. The van der Waals surface area contributed by atoms with Gasteiger partial charge in [0, 0.05) is 12.3 Å². The number of unbranched alkanes of at least 4 members (excludes halogenated alkanes) is 3. The van der Waals surface area contributed by atoms with Crippen molar-refractivity contribution in [3.8, 4) is 0 Å². The van der Waals surface area contributed by atoms with Crippen LogP contribution in [-0.2, 0) is 9.47 Å². The van der Waals surface area contributed by atoms with E-state index in [1.165, 1.54) is 44.9 Å². The van der Waals surface area contributed by atoms with E-state index in [0.717, 1.165) is 25.4 Å². The molecule has 2 nitrogen and oxygen atoms in total. The predicted molar refractivity (Wildman–Crippen MR) is 88.3 cm³/mol. The summed E-state index contributed by atoms with van der Waals surface area (Å²) in [7, 11) is 0. The second-order valence-corrected chi connectivity index (χ2v) is 7.78. The molecule has 0 aromatic rings. The molecule has 0 unspecified atom stereocenters. The Balaban J connectivity index is 1.95. The van der Waals surface area contributed by atoms with Gasteiger partial charge in [-0.2, -0.15) is 0 Å². The van der Waals surface area contributed by atoms with E-state index in [0.29, 0.717) is 17.9 Å². The van der Waals surface area contributed by atoms with E-state index in [9.17, 15) is 0 Å². The lowest BCUT2D eigenvalue weighted by atomic mass is 9.72. The van der Waals surface area contributed by atoms with Crippen LogP contribution in [0, 0.1) is 17.8 Å². The zero-order valence-corrected chi connectivity index (χ0v) is 14.7. The van der Waals surface area contributed by atoms with Crippen molar-refractivity contribution >= 4 is 0 Å². The maximum atomic E-state index is 6.62. The van der Waals surface area contributed by atoms with Crippen molar-refractivity contribution in [2.45, 2.75) is 97.4 Å². The quantitative estimate of drug-likeness (QED) is 0.598. The molecule has 2 fully saturated rings. The van der Waals surface area contributed by atoms with Gasteiger partial charge in [-0.05, 0) is 31.1 Å². The molecule has 124 valence electrons. The Morgan fingerprint density at radius 1 is 1.10 bits per heavy atom. The van der Waals surface area contributed by atoms with Crippen LogP contribution < -0.4 is 0 Å². The second kappa shape index (κ2) is 7.97. The van der Waals surface area contributed by atoms with Gasteiger partial charge < -0.3 is 9.47 Å². The van der Waals surface area contributed by atoms with E-state index < -0.39 is 0 Å². The van der Waals surface area contributed by atoms with E-state index in [2.05, 4.69) is 27.7 Å². The van der Waals surface area contributed by atoms with Crippen LogP contribution in [0.15, 0.2) is 0 Å². The van der Waals surface area contributed by atoms with Gasteiger partial charge >= 0.3 is 0 Å². The van der Waals surface area contributed by atoms with Crippen LogP contribution in [0.1, 0.15) is 85.5 Å². The Labute approximate surface area is 132 Å². The second-order valence-electron chi connectivity index (χ2n) is 7.78. The number of rotatable bonds is 6. The molecule has 1 aliphatic heterocycles. The number of hydrogen-bond acceptors (Lipinski definition) is 2. The Hall–Kier alpha value is -0.0800. The minimum Gasteiger partial charge on any atom is -0.349 e. The van der Waals surface area contributed by atoms with Crippen molar-refractivity contribution in [2.75, 3.05) is 6.61 Å². The smallest absolute Gasteiger partial charge is 0.171 e. The molecule has 2 rings (SSSR count). The molecule has 1 spiro atoms. The van der Waals surface area contributed by atoms with Gasteiger partial charge in [0.15, 0.2) is 5.79 Å². The molecule has 0 aromatic heterocycles. The molecule has 1 aliphatic carbocycles. The van der Waals surface area contributed by atoms with Gasteiger partial charge in [0.1, 0.15) is 0 Å². The lowest BCUT2D eigenvalue weighted by molar-refractivity contribution is -0.339. The minimum absolute atomic E-state index is 0.264. The van der Waals surface area contributed by atoms with Gasteiger partial charge in [0.05, 0.1) is 12.7 Å². The third-order valence-electron chi connectivity index (χ3n) is 5.51. The Morgan fingerprint density at radius 3 is 2.62 bits per heavy atom. The largest absolute Gasteiger partial charge is 0.349 e. The average molecular weight is 296 g/mol. The molecule has 21 heavy (non-hydrogen) atoms. The van der Waals surface area contributed by atoms with E-state index in [1.807, 2.05) is 0 Å². The van der Waals surface area contributed by atoms with Gasteiger partial charge in [-0.25, -0.2) is 0 Å². The van der Waals surface area contributed by atoms with Crippen LogP contribution in [0.4, 0.5) is 0 Å². The van der Waals surface area contributed by atoms with Crippen molar-refractivity contribution in [1.29, 1.82) is 0 Å². The van der Waals surface area contributed by atoms with Crippen molar-refractivity contribution in [2.24, 2.45) is 17.8 Å². The fourth-order valence-corrected chi connectivity index (χ4v) is 4.31. The minimum atomic E-state index is -0.264. The lowest BCUT2D eigenvalue weighted by Crippen LogP contribution is -2.54. The zero-order chi connectivity index (χ0) is 15.3. The standard InChI is InChI=1S/C19H36O2/c1-5-6-7-8-9-17-12-13-20-19(21-17)14-16(4)10-11-18(19)15(2)3/h15-18H,5-14H2,1-4H3/t16-,17-,18+,19-/m1/s1. The molecular weight excluding hydrogens is 260 g/mol. The van der Waals surface area contributed by atoms with Crippen molar-refractivity contribution < 1.29 is 9.47 Å². The molecule has 1 saturated carbocycles. The SMILES string of the molecule is CCCCCC[C@@H]1CCO[C@]2(C[C@H](C)CC[C@H]2C(C)C)O1. The third-order valence-corrected chi connectivity index (χ3v) is 5.51. The molecule has 0 amide bonds. The van der Waals surface area contributed by atoms with Crippen LogP contribution in [0.25, 0.3) is 0 Å². The summed E-state index contributed by atoms with van der Waals surface area (Å²) in [6.45, 7) is 10.2. The van der Waals surface area contributed by atoms with Crippen LogP contribution in [0.3, 0.4) is 0 Å². The first-order chi connectivity index (χ1) is 10.1.